The molecule has 3 fully saturated rings. The van der Waals surface area contributed by atoms with Crippen molar-refractivity contribution in [2.75, 3.05) is 0 Å². The van der Waals surface area contributed by atoms with E-state index in [1.54, 1.807) is 0 Å². The summed E-state index contributed by atoms with van der Waals surface area (Å²) in [4.78, 5) is 0. The van der Waals surface area contributed by atoms with Crippen LogP contribution in [0.25, 0.3) is 0 Å². The minimum atomic E-state index is 0.536. The smallest absolute Gasteiger partial charge is 0.0185 e. The van der Waals surface area contributed by atoms with E-state index in [-0.39, 0.29) is 0 Å². The highest BCUT2D eigenvalue weighted by molar-refractivity contribution is 14.2. The molecule has 3 saturated carbocycles. The second-order valence-corrected chi connectivity index (χ2v) is 14.6. The van der Waals surface area contributed by atoms with Crippen LogP contribution in [0, 0.1) is 46.3 Å². The van der Waals surface area contributed by atoms with Crippen LogP contribution in [0.2, 0.25) is 0 Å². The Bertz CT molecular complexity index is 612. The summed E-state index contributed by atoms with van der Waals surface area (Å²) in [5, 5.41) is 0.878. The number of hydrogen-bond donors (Lipinski definition) is 0. The van der Waals surface area contributed by atoms with E-state index < -0.39 is 0 Å². The van der Waals surface area contributed by atoms with Crippen molar-refractivity contribution in [3.05, 3.63) is 11.6 Å². The van der Waals surface area contributed by atoms with E-state index in [1.165, 1.54) is 70.6 Å². The Morgan fingerprint density at radius 3 is 2.55 bits per heavy atom. The highest BCUT2D eigenvalue weighted by Gasteiger charge is 2.59. The molecule has 0 aromatic rings. The molecule has 5 unspecified atom stereocenters. The molecular weight excluding hydrogens is 483 g/mol. The molecule has 0 aliphatic heterocycles. The predicted molar refractivity (Wildman–Crippen MR) is 138 cm³/mol. The molecule has 0 bridgehead atoms. The van der Waals surface area contributed by atoms with E-state index in [0.29, 0.717) is 10.8 Å². The summed E-state index contributed by atoms with van der Waals surface area (Å²) in [6.45, 7) is 12.8. The lowest BCUT2D eigenvalue weighted by molar-refractivity contribution is -0.0497. The van der Waals surface area contributed by atoms with E-state index in [1.807, 2.05) is 5.57 Å². The number of halogens is 1. The van der Waals surface area contributed by atoms with Gasteiger partial charge in [-0.1, -0.05) is 74.5 Å². The highest BCUT2D eigenvalue weighted by atomic mass is 127. The molecule has 0 heterocycles. The average Bonchev–Trinajstić information content (AvgIpc) is 3.04. The molecule has 0 amide bonds. The molecule has 2 heteroatoms. The lowest BCUT2D eigenvalue weighted by Crippen LogP contribution is -2.50. The van der Waals surface area contributed by atoms with E-state index in [0.717, 1.165) is 40.8 Å². The SMILES string of the molecule is CC(C)CCCC(C)C1CCC2C3CC=C4C[C@@H](SI)CC[C@]4(C)C3CC[C@]12C. The van der Waals surface area contributed by atoms with Crippen LogP contribution in [0.3, 0.4) is 0 Å². The quantitative estimate of drug-likeness (QED) is 0.244. The molecule has 4 aliphatic carbocycles. The Kier molecular flexibility index (Phi) is 7.13. The van der Waals surface area contributed by atoms with E-state index >= 15 is 0 Å². The second-order valence-electron chi connectivity index (χ2n) is 12.2. The van der Waals surface area contributed by atoms with E-state index in [2.05, 4.69) is 70.8 Å². The van der Waals surface area contributed by atoms with Gasteiger partial charge in [0, 0.05) is 5.25 Å². The highest BCUT2D eigenvalue weighted by Crippen LogP contribution is 2.67. The molecule has 0 aromatic carbocycles. The fraction of sp³-hybridized carbons (Fsp3) is 0.926. The molecule has 166 valence electrons. The predicted octanol–water partition coefficient (Wildman–Crippen LogP) is 9.48. The molecule has 29 heavy (non-hydrogen) atoms. The fourth-order valence-corrected chi connectivity index (χ4v) is 10.5. The third-order valence-corrected chi connectivity index (χ3v) is 13.2. The molecule has 0 nitrogen and oxygen atoms in total. The first-order valence-corrected chi connectivity index (χ1v) is 16.2. The first-order valence-electron chi connectivity index (χ1n) is 12.8. The zero-order valence-electron chi connectivity index (χ0n) is 19.7. The molecule has 4 aliphatic rings. The first-order chi connectivity index (χ1) is 13.8. The normalized spacial score (nSPS) is 45.3. The summed E-state index contributed by atoms with van der Waals surface area (Å²) in [6.07, 6.45) is 18.9. The standard InChI is InChI=1S/C27H45IS/c1-18(2)7-6-8-19(3)23-11-12-24-22-10-9-20-17-21(29-28)13-15-26(20,4)25(22)14-16-27(23,24)5/h9,18-19,21-25H,6-8,10-17H2,1-5H3/t19?,21-,22?,23?,24?,25?,26-,27+/m0/s1. The molecule has 0 saturated heterocycles. The van der Waals surface area contributed by atoms with Crippen LogP contribution in [0.15, 0.2) is 11.6 Å². The van der Waals surface area contributed by atoms with Crippen molar-refractivity contribution in [3.63, 3.8) is 0 Å². The minimum absolute atomic E-state index is 0.536. The van der Waals surface area contributed by atoms with Gasteiger partial charge in [0.1, 0.15) is 0 Å². The van der Waals surface area contributed by atoms with Gasteiger partial charge in [-0.05, 0) is 119 Å². The van der Waals surface area contributed by atoms with Crippen LogP contribution in [-0.4, -0.2) is 5.25 Å². The topological polar surface area (TPSA) is 0 Å². The van der Waals surface area contributed by atoms with Crippen LogP contribution in [-0.2, 0) is 0 Å². The van der Waals surface area contributed by atoms with Crippen LogP contribution >= 0.6 is 30.1 Å². The van der Waals surface area contributed by atoms with Gasteiger partial charge in [-0.15, -0.1) is 0 Å². The van der Waals surface area contributed by atoms with Gasteiger partial charge in [0.2, 0.25) is 0 Å². The number of rotatable bonds is 6. The molecule has 0 N–H and O–H groups in total. The molecule has 0 spiro atoms. The monoisotopic (exact) mass is 528 g/mol. The number of hydrogen-bond acceptors (Lipinski definition) is 1. The Morgan fingerprint density at radius 1 is 1.03 bits per heavy atom. The molecule has 0 radical (unpaired) electrons. The lowest BCUT2D eigenvalue weighted by atomic mass is 9.47. The zero-order valence-corrected chi connectivity index (χ0v) is 22.7. The van der Waals surface area contributed by atoms with Gasteiger partial charge in [0.15, 0.2) is 0 Å². The van der Waals surface area contributed by atoms with Crippen LogP contribution in [0.4, 0.5) is 0 Å². The molecule has 8 atom stereocenters. The Morgan fingerprint density at radius 2 is 1.83 bits per heavy atom. The largest absolute Gasteiger partial charge is 0.0856 e. The molecular formula is C27H45IS. The van der Waals surface area contributed by atoms with Crippen LogP contribution in [0.5, 0.6) is 0 Å². The third-order valence-electron chi connectivity index (χ3n) is 10.4. The van der Waals surface area contributed by atoms with Crippen molar-refractivity contribution in [2.45, 2.75) is 110 Å². The van der Waals surface area contributed by atoms with Gasteiger partial charge >= 0.3 is 0 Å². The summed E-state index contributed by atoms with van der Waals surface area (Å²) in [5.41, 5.74) is 3.03. The maximum atomic E-state index is 2.76. The van der Waals surface area contributed by atoms with Crippen LogP contribution < -0.4 is 0 Å². The molecule has 4 rings (SSSR count). The van der Waals surface area contributed by atoms with Crippen molar-refractivity contribution in [1.82, 2.24) is 0 Å². The third kappa shape index (κ3) is 4.13. The Labute approximate surface area is 197 Å². The lowest BCUT2D eigenvalue weighted by Gasteiger charge is -2.58. The van der Waals surface area contributed by atoms with Gasteiger partial charge in [-0.2, -0.15) is 0 Å². The maximum Gasteiger partial charge on any atom is 0.0185 e. The van der Waals surface area contributed by atoms with E-state index in [9.17, 15) is 0 Å². The summed E-state index contributed by atoms with van der Waals surface area (Å²) in [5.74, 6) is 5.76. The van der Waals surface area contributed by atoms with Gasteiger partial charge in [-0.3, -0.25) is 0 Å². The van der Waals surface area contributed by atoms with Crippen molar-refractivity contribution in [3.8, 4) is 0 Å². The van der Waals surface area contributed by atoms with Crippen molar-refractivity contribution in [1.29, 1.82) is 0 Å². The number of fused-ring (bicyclic) bond motifs is 5. The number of allylic oxidation sites excluding steroid dienone is 2. The summed E-state index contributed by atoms with van der Waals surface area (Å²) in [7, 11) is 2.09. The van der Waals surface area contributed by atoms with Gasteiger partial charge in [0.25, 0.3) is 0 Å². The zero-order chi connectivity index (χ0) is 20.8. The van der Waals surface area contributed by atoms with Gasteiger partial charge in [-0.25, -0.2) is 0 Å². The summed E-state index contributed by atoms with van der Waals surface area (Å²) in [6, 6.07) is 0. The Balaban J connectivity index is 1.48. The first kappa shape index (κ1) is 23.0. The van der Waals surface area contributed by atoms with Crippen molar-refractivity contribution >= 4 is 30.1 Å². The molecule has 0 aromatic heterocycles. The minimum Gasteiger partial charge on any atom is -0.0856 e. The van der Waals surface area contributed by atoms with Gasteiger partial charge in [0.05, 0.1) is 0 Å². The second kappa shape index (κ2) is 8.99. The van der Waals surface area contributed by atoms with Crippen LogP contribution in [0.1, 0.15) is 105 Å². The summed E-state index contributed by atoms with van der Waals surface area (Å²) < 4.78 is 0. The van der Waals surface area contributed by atoms with Crippen molar-refractivity contribution in [2.24, 2.45) is 46.3 Å². The van der Waals surface area contributed by atoms with Crippen molar-refractivity contribution < 1.29 is 0 Å². The fourth-order valence-electron chi connectivity index (χ4n) is 8.73. The summed E-state index contributed by atoms with van der Waals surface area (Å²) >= 11 is 2.54. The van der Waals surface area contributed by atoms with E-state index in [4.69, 9.17) is 0 Å². The Hall–Kier alpha value is 0.820. The average molecular weight is 529 g/mol. The van der Waals surface area contributed by atoms with Gasteiger partial charge < -0.3 is 0 Å². The maximum absolute atomic E-state index is 2.76.